The lowest BCUT2D eigenvalue weighted by Crippen LogP contribution is -2.48. The highest BCUT2D eigenvalue weighted by Crippen LogP contribution is 2.44. The van der Waals surface area contributed by atoms with Crippen LogP contribution in [0.1, 0.15) is 31.2 Å². The van der Waals surface area contributed by atoms with Gasteiger partial charge < -0.3 is 24.5 Å². The number of nitrogens with zero attached hydrogens (tertiary/aromatic N) is 6. The number of unbranched alkanes of at least 4 members (excludes halogenated alkanes) is 1. The molecule has 1 unspecified atom stereocenters. The Balaban J connectivity index is 0.000000238. The summed E-state index contributed by atoms with van der Waals surface area (Å²) in [5.41, 5.74) is 3.54. The highest BCUT2D eigenvalue weighted by Gasteiger charge is 2.53. The molecule has 250 valence electrons. The minimum absolute atomic E-state index is 0.0703. The third kappa shape index (κ3) is 8.31. The quantitative estimate of drug-likeness (QED) is 0.0756. The molecule has 2 saturated heterocycles. The zero-order valence-corrected chi connectivity index (χ0v) is 27.4. The molecule has 2 aromatic carbocycles. The molecule has 0 radical (unpaired) electrons. The second-order valence-corrected chi connectivity index (χ2v) is 11.9. The van der Waals surface area contributed by atoms with Crippen LogP contribution in [0.15, 0.2) is 95.5 Å². The minimum Gasteiger partial charge on any atom is -0.497 e. The monoisotopic (exact) mass is 650 g/mol. The molecule has 0 aliphatic carbocycles. The number of rotatable bonds is 11. The third-order valence-electron chi connectivity index (χ3n) is 8.71. The maximum absolute atomic E-state index is 13.7. The number of nitrogens with one attached hydrogen (secondary N) is 2. The zero-order valence-electron chi connectivity index (χ0n) is 27.4. The topological polar surface area (TPSA) is 137 Å². The van der Waals surface area contributed by atoms with Crippen LogP contribution in [0.2, 0.25) is 0 Å². The Hall–Kier alpha value is -5.36. The molecule has 12 nitrogen and oxygen atoms in total. The molecule has 2 aromatic heterocycles. The Labute approximate surface area is 280 Å². The lowest BCUT2D eigenvalue weighted by molar-refractivity contribution is -0.119. The molecule has 2 N–H and O–H groups in total. The number of likely N-dealkylation sites (tertiary alicyclic amines) is 1. The fraction of sp³-hybridized carbons (Fsp3) is 0.333. The lowest BCUT2D eigenvalue weighted by Gasteiger charge is -2.40. The third-order valence-corrected chi connectivity index (χ3v) is 8.71. The van der Waals surface area contributed by atoms with Crippen molar-refractivity contribution >= 4 is 36.3 Å². The van der Waals surface area contributed by atoms with E-state index in [9.17, 15) is 9.59 Å². The van der Waals surface area contributed by atoms with E-state index in [-0.39, 0.29) is 17.4 Å². The van der Waals surface area contributed by atoms with Gasteiger partial charge in [-0.3, -0.25) is 14.8 Å². The molecule has 1 spiro atoms. The van der Waals surface area contributed by atoms with Crippen LogP contribution < -0.4 is 15.0 Å². The van der Waals surface area contributed by atoms with Gasteiger partial charge in [-0.25, -0.2) is 4.98 Å². The van der Waals surface area contributed by atoms with Crippen LogP contribution in [0.25, 0.3) is 11.1 Å². The summed E-state index contributed by atoms with van der Waals surface area (Å²) >= 11 is 0. The molecule has 0 bridgehead atoms. The average molecular weight is 651 g/mol. The van der Waals surface area contributed by atoms with E-state index in [0.29, 0.717) is 37.7 Å². The lowest BCUT2D eigenvalue weighted by atomic mass is 9.74. The minimum atomic E-state index is -0.307. The maximum atomic E-state index is 13.7. The van der Waals surface area contributed by atoms with E-state index in [4.69, 9.17) is 9.47 Å². The number of methoxy groups -OCH3 is 1. The fourth-order valence-electron chi connectivity index (χ4n) is 5.98. The van der Waals surface area contributed by atoms with Crippen LogP contribution in [0, 0.1) is 5.41 Å². The predicted molar refractivity (Wildman–Crippen MR) is 188 cm³/mol. The van der Waals surface area contributed by atoms with Crippen molar-refractivity contribution in [3.8, 4) is 16.9 Å². The van der Waals surface area contributed by atoms with Crippen LogP contribution in [0.3, 0.4) is 0 Å². The van der Waals surface area contributed by atoms with E-state index in [1.807, 2.05) is 77.8 Å². The van der Waals surface area contributed by atoms with E-state index < -0.39 is 0 Å². The molecule has 4 aromatic rings. The Morgan fingerprint density at radius 2 is 1.92 bits per heavy atom. The smallest absolute Gasteiger partial charge is 0.251 e. The van der Waals surface area contributed by atoms with Gasteiger partial charge >= 0.3 is 0 Å². The summed E-state index contributed by atoms with van der Waals surface area (Å²) in [6, 6.07) is 20.8. The molecular formula is C36H42N8O4. The van der Waals surface area contributed by atoms with Crippen molar-refractivity contribution < 1.29 is 19.1 Å². The number of hydrogen-bond acceptors (Lipinski definition) is 10. The summed E-state index contributed by atoms with van der Waals surface area (Å²) in [6.45, 7) is 6.36. The van der Waals surface area contributed by atoms with Crippen LogP contribution in [-0.4, -0.2) is 91.3 Å². The summed E-state index contributed by atoms with van der Waals surface area (Å²) < 4.78 is 10.8. The number of piperidine rings is 1. The van der Waals surface area contributed by atoms with E-state index in [2.05, 4.69) is 49.4 Å². The molecule has 48 heavy (non-hydrogen) atoms. The number of aromatic nitrogens is 3. The largest absolute Gasteiger partial charge is 0.497 e. The average Bonchev–Trinajstić information content (AvgIpc) is 3.76. The number of aldehydes is 1. The van der Waals surface area contributed by atoms with E-state index in [0.717, 1.165) is 60.3 Å². The predicted octanol–water partition coefficient (Wildman–Crippen LogP) is 5.06. The van der Waals surface area contributed by atoms with Gasteiger partial charge in [0.05, 0.1) is 19.9 Å². The summed E-state index contributed by atoms with van der Waals surface area (Å²) in [7, 11) is 3.79. The van der Waals surface area contributed by atoms with Crippen LogP contribution in [0.4, 0.5) is 11.5 Å². The van der Waals surface area contributed by atoms with Crippen LogP contribution in [0.5, 0.6) is 5.75 Å². The van der Waals surface area contributed by atoms with Crippen LogP contribution in [-0.2, 0) is 14.3 Å². The van der Waals surface area contributed by atoms with Crippen molar-refractivity contribution in [2.45, 2.75) is 31.7 Å². The SMILES string of the molecule is C=N/N=C(\OCCCC=O)c1ccccc1.COc1cccc(NC2C(=O)N(c3ccc(-c4cn[nH]c4)cn3)CC23CCN(C)CC3)c1. The molecule has 2 aliphatic heterocycles. The van der Waals surface area contributed by atoms with Gasteiger partial charge in [0.1, 0.15) is 23.9 Å². The summed E-state index contributed by atoms with van der Waals surface area (Å²) in [4.78, 5) is 32.6. The Morgan fingerprint density at radius 1 is 1.10 bits per heavy atom. The summed E-state index contributed by atoms with van der Waals surface area (Å²) in [6.07, 6.45) is 9.35. The standard InChI is InChI=1S/C24H28N6O2.C12H14N2O2/c1-29-10-8-24(9-11-29)16-30(21-7-6-17(13-25-21)18-14-26-27-15-18)23(31)22(24)28-19-4-3-5-20(12-19)32-2;1-13-14-12(16-10-6-5-9-15)11-7-3-2-4-8-11/h3-7,12-15,22,28H,8-11,16H2,1-2H3,(H,26,27);2-4,7-9H,1,5-6,10H2/b;14-12-. The van der Waals surface area contributed by atoms with E-state index in [1.54, 1.807) is 19.5 Å². The Kier molecular flexibility index (Phi) is 11.7. The van der Waals surface area contributed by atoms with Crippen LogP contribution >= 0.6 is 0 Å². The first kappa shape index (κ1) is 34.0. The molecule has 6 rings (SSSR count). The molecule has 12 heteroatoms. The Bertz CT molecular complexity index is 1650. The van der Waals surface area contributed by atoms with Crippen molar-refractivity contribution in [1.82, 2.24) is 20.1 Å². The molecule has 2 aliphatic rings. The second kappa shape index (κ2) is 16.5. The number of pyridine rings is 1. The Morgan fingerprint density at radius 3 is 2.58 bits per heavy atom. The first-order valence-electron chi connectivity index (χ1n) is 16.0. The highest BCUT2D eigenvalue weighted by molar-refractivity contribution is 6.01. The van der Waals surface area contributed by atoms with Gasteiger partial charge in [-0.15, -0.1) is 5.10 Å². The van der Waals surface area contributed by atoms with Crippen molar-refractivity contribution in [3.05, 3.63) is 90.9 Å². The molecule has 0 saturated carbocycles. The van der Waals surface area contributed by atoms with Gasteiger partial charge in [0.2, 0.25) is 5.90 Å². The molecule has 2 fully saturated rings. The van der Waals surface area contributed by atoms with Gasteiger partial charge in [-0.1, -0.05) is 24.3 Å². The summed E-state index contributed by atoms with van der Waals surface area (Å²) in [5, 5.41) is 17.6. The summed E-state index contributed by atoms with van der Waals surface area (Å²) in [5.74, 6) is 1.96. The van der Waals surface area contributed by atoms with Gasteiger partial charge in [0.15, 0.2) is 0 Å². The fourth-order valence-corrected chi connectivity index (χ4v) is 5.98. The van der Waals surface area contributed by atoms with E-state index >= 15 is 0 Å². The van der Waals surface area contributed by atoms with Gasteiger partial charge in [0.25, 0.3) is 5.91 Å². The zero-order chi connectivity index (χ0) is 33.8. The number of carbonyl (C=O) groups excluding carboxylic acids is 2. The first-order chi connectivity index (χ1) is 23.5. The molecule has 4 heterocycles. The number of aromatic amines is 1. The molecular weight excluding hydrogens is 608 g/mol. The number of H-pyrrole nitrogens is 1. The first-order valence-corrected chi connectivity index (χ1v) is 16.0. The molecule has 1 amide bonds. The maximum Gasteiger partial charge on any atom is 0.251 e. The van der Waals surface area contributed by atoms with Crippen molar-refractivity contribution in [2.75, 3.05) is 50.6 Å². The van der Waals surface area contributed by atoms with Gasteiger partial charge in [-0.05, 0) is 75.8 Å². The van der Waals surface area contributed by atoms with Crippen molar-refractivity contribution in [3.63, 3.8) is 0 Å². The molecule has 1 atom stereocenters. The second-order valence-electron chi connectivity index (χ2n) is 11.9. The number of benzene rings is 2. The number of amides is 1. The van der Waals surface area contributed by atoms with Gasteiger partial charge in [-0.2, -0.15) is 10.2 Å². The highest BCUT2D eigenvalue weighted by atomic mass is 16.5. The number of ether oxygens (including phenoxy) is 2. The van der Waals surface area contributed by atoms with Crippen molar-refractivity contribution in [2.24, 2.45) is 15.6 Å². The number of anilines is 2. The van der Waals surface area contributed by atoms with Crippen molar-refractivity contribution in [1.29, 1.82) is 0 Å². The normalized spacial score (nSPS) is 17.4. The van der Waals surface area contributed by atoms with Gasteiger partial charge in [0, 0.05) is 65.9 Å². The van der Waals surface area contributed by atoms with E-state index in [1.165, 1.54) is 0 Å². The number of hydrogen-bond donors (Lipinski definition) is 2. The number of carbonyl (C=O) groups is 2.